The number of aryl methyl sites for hydroxylation is 1. The number of hydrogen-bond donors (Lipinski definition) is 1. The number of aliphatic carboxylic acids is 1. The minimum atomic E-state index is -0.675. The summed E-state index contributed by atoms with van der Waals surface area (Å²) >= 11 is 0. The maximum absolute atomic E-state index is 11.3. The first-order valence-electron chi connectivity index (χ1n) is 9.51. The smallest absolute Gasteiger partial charge is 0.306 e. The standard InChI is InChI=1S/C23H24N2O2/c1-16-5-4-8-21(24-16)22(25-13-11-18(12-14-25)23(26)27)20-10-9-17-6-2-3-7-19(17)15-20/h2-10,15,18,22H,11-14H2,1H3,(H,26,27). The van der Waals surface area contributed by atoms with Gasteiger partial charge in [0.2, 0.25) is 0 Å². The van der Waals surface area contributed by atoms with E-state index in [0.717, 1.165) is 24.5 Å². The van der Waals surface area contributed by atoms with Crippen LogP contribution >= 0.6 is 0 Å². The Morgan fingerprint density at radius 2 is 1.78 bits per heavy atom. The van der Waals surface area contributed by atoms with Crippen molar-refractivity contribution in [3.05, 3.63) is 77.6 Å². The zero-order valence-electron chi connectivity index (χ0n) is 15.5. The predicted molar refractivity (Wildman–Crippen MR) is 107 cm³/mol. The fraction of sp³-hybridized carbons (Fsp3) is 0.304. The molecule has 27 heavy (non-hydrogen) atoms. The number of rotatable bonds is 4. The van der Waals surface area contributed by atoms with Gasteiger partial charge in [-0.25, -0.2) is 0 Å². The summed E-state index contributed by atoms with van der Waals surface area (Å²) in [5.74, 6) is -0.908. The fourth-order valence-corrected chi connectivity index (χ4v) is 4.07. The van der Waals surface area contributed by atoms with Crippen LogP contribution in [0.4, 0.5) is 0 Å². The Morgan fingerprint density at radius 1 is 1.04 bits per heavy atom. The molecular formula is C23H24N2O2. The number of benzene rings is 2. The monoisotopic (exact) mass is 360 g/mol. The van der Waals surface area contributed by atoms with E-state index in [1.54, 1.807) is 0 Å². The van der Waals surface area contributed by atoms with Crippen LogP contribution in [0.2, 0.25) is 0 Å². The van der Waals surface area contributed by atoms with Crippen LogP contribution in [-0.2, 0) is 4.79 Å². The Hall–Kier alpha value is -2.72. The number of carboxylic acid groups (broad SMARTS) is 1. The van der Waals surface area contributed by atoms with Crippen molar-refractivity contribution in [3.63, 3.8) is 0 Å². The molecule has 1 atom stereocenters. The molecule has 138 valence electrons. The Balaban J connectivity index is 1.72. The van der Waals surface area contributed by atoms with Gasteiger partial charge < -0.3 is 5.11 Å². The van der Waals surface area contributed by atoms with Crippen molar-refractivity contribution in [3.8, 4) is 0 Å². The van der Waals surface area contributed by atoms with E-state index in [0.29, 0.717) is 12.8 Å². The molecule has 4 nitrogen and oxygen atoms in total. The van der Waals surface area contributed by atoms with Gasteiger partial charge in [-0.2, -0.15) is 0 Å². The van der Waals surface area contributed by atoms with Crippen molar-refractivity contribution in [2.75, 3.05) is 13.1 Å². The minimum absolute atomic E-state index is 0.0456. The number of hydrogen-bond acceptors (Lipinski definition) is 3. The molecular weight excluding hydrogens is 336 g/mol. The summed E-state index contributed by atoms with van der Waals surface area (Å²) in [6.07, 6.45) is 1.37. The average molecular weight is 360 g/mol. The van der Waals surface area contributed by atoms with Crippen LogP contribution in [0.5, 0.6) is 0 Å². The van der Waals surface area contributed by atoms with Crippen molar-refractivity contribution in [2.24, 2.45) is 5.92 Å². The van der Waals surface area contributed by atoms with Crippen LogP contribution in [0.25, 0.3) is 10.8 Å². The molecule has 1 unspecified atom stereocenters. The van der Waals surface area contributed by atoms with E-state index >= 15 is 0 Å². The van der Waals surface area contributed by atoms with Crippen LogP contribution in [0.1, 0.15) is 35.8 Å². The zero-order chi connectivity index (χ0) is 18.8. The van der Waals surface area contributed by atoms with Crippen molar-refractivity contribution in [2.45, 2.75) is 25.8 Å². The first kappa shape index (κ1) is 17.7. The van der Waals surface area contributed by atoms with Crippen molar-refractivity contribution in [1.29, 1.82) is 0 Å². The predicted octanol–water partition coefficient (Wildman–Crippen LogP) is 4.43. The lowest BCUT2D eigenvalue weighted by atomic mass is 9.92. The molecule has 2 aromatic carbocycles. The number of nitrogens with zero attached hydrogens (tertiary/aromatic N) is 2. The molecule has 1 aromatic heterocycles. The highest BCUT2D eigenvalue weighted by atomic mass is 16.4. The molecule has 3 aromatic rings. The number of pyridine rings is 1. The van der Waals surface area contributed by atoms with Gasteiger partial charge in [0.1, 0.15) is 0 Å². The summed E-state index contributed by atoms with van der Waals surface area (Å²) in [5, 5.41) is 11.8. The largest absolute Gasteiger partial charge is 0.481 e. The molecule has 0 bridgehead atoms. The van der Waals surface area contributed by atoms with Crippen LogP contribution in [0.15, 0.2) is 60.7 Å². The summed E-state index contributed by atoms with van der Waals surface area (Å²) in [5.41, 5.74) is 3.23. The van der Waals surface area contributed by atoms with E-state index < -0.39 is 5.97 Å². The van der Waals surface area contributed by atoms with Gasteiger partial charge in [0.15, 0.2) is 0 Å². The van der Waals surface area contributed by atoms with Gasteiger partial charge in [0.05, 0.1) is 17.7 Å². The molecule has 4 rings (SSSR count). The second-order valence-corrected chi connectivity index (χ2v) is 7.36. The number of carbonyl (C=O) groups is 1. The van der Waals surface area contributed by atoms with Crippen molar-refractivity contribution >= 4 is 16.7 Å². The second-order valence-electron chi connectivity index (χ2n) is 7.36. The van der Waals surface area contributed by atoms with Gasteiger partial charge >= 0.3 is 5.97 Å². The molecule has 2 heterocycles. The van der Waals surface area contributed by atoms with Crippen LogP contribution in [-0.4, -0.2) is 34.0 Å². The van der Waals surface area contributed by atoms with E-state index in [4.69, 9.17) is 4.98 Å². The van der Waals surface area contributed by atoms with Crippen molar-refractivity contribution < 1.29 is 9.90 Å². The molecule has 4 heteroatoms. The molecule has 1 saturated heterocycles. The quantitative estimate of drug-likeness (QED) is 0.748. The zero-order valence-corrected chi connectivity index (χ0v) is 15.5. The van der Waals surface area contributed by atoms with Gasteiger partial charge in [-0.05, 0) is 67.4 Å². The number of fused-ring (bicyclic) bond motifs is 1. The number of aromatic nitrogens is 1. The minimum Gasteiger partial charge on any atom is -0.481 e. The maximum Gasteiger partial charge on any atom is 0.306 e. The Morgan fingerprint density at radius 3 is 2.48 bits per heavy atom. The number of likely N-dealkylation sites (tertiary alicyclic amines) is 1. The third-order valence-corrected chi connectivity index (χ3v) is 5.52. The summed E-state index contributed by atoms with van der Waals surface area (Å²) in [6, 6.07) is 21.1. The molecule has 0 aliphatic carbocycles. The number of piperidine rings is 1. The molecule has 1 aliphatic heterocycles. The Bertz CT molecular complexity index is 961. The van der Waals surface area contributed by atoms with Gasteiger partial charge in [-0.1, -0.05) is 42.5 Å². The lowest BCUT2D eigenvalue weighted by molar-refractivity contribution is -0.143. The third kappa shape index (κ3) is 3.71. The maximum atomic E-state index is 11.3. The molecule has 0 radical (unpaired) electrons. The van der Waals surface area contributed by atoms with Gasteiger partial charge in [0, 0.05) is 5.69 Å². The van der Waals surface area contributed by atoms with E-state index in [9.17, 15) is 9.90 Å². The van der Waals surface area contributed by atoms with E-state index in [1.807, 2.05) is 13.0 Å². The third-order valence-electron chi connectivity index (χ3n) is 5.52. The summed E-state index contributed by atoms with van der Waals surface area (Å²) in [4.78, 5) is 18.5. The molecule has 0 saturated carbocycles. The fourth-order valence-electron chi connectivity index (χ4n) is 4.07. The highest BCUT2D eigenvalue weighted by molar-refractivity contribution is 5.83. The summed E-state index contributed by atoms with van der Waals surface area (Å²) in [7, 11) is 0. The van der Waals surface area contributed by atoms with Crippen molar-refractivity contribution in [1.82, 2.24) is 9.88 Å². The summed E-state index contributed by atoms with van der Waals surface area (Å²) in [6.45, 7) is 3.55. The summed E-state index contributed by atoms with van der Waals surface area (Å²) < 4.78 is 0. The lowest BCUT2D eigenvalue weighted by Gasteiger charge is -2.36. The molecule has 1 aliphatic rings. The number of carboxylic acids is 1. The van der Waals surface area contributed by atoms with Gasteiger partial charge in [0.25, 0.3) is 0 Å². The molecule has 1 N–H and O–H groups in total. The molecule has 0 amide bonds. The highest BCUT2D eigenvalue weighted by Gasteiger charge is 2.30. The van der Waals surface area contributed by atoms with Crippen LogP contribution < -0.4 is 0 Å². The Labute approximate surface area is 159 Å². The van der Waals surface area contributed by atoms with Crippen LogP contribution in [0, 0.1) is 12.8 Å². The van der Waals surface area contributed by atoms with E-state index in [2.05, 4.69) is 59.5 Å². The molecule has 0 spiro atoms. The van der Waals surface area contributed by atoms with Gasteiger partial charge in [-0.15, -0.1) is 0 Å². The van der Waals surface area contributed by atoms with Gasteiger partial charge in [-0.3, -0.25) is 14.7 Å². The normalized spacial score (nSPS) is 17.1. The lowest BCUT2D eigenvalue weighted by Crippen LogP contribution is -2.39. The first-order chi connectivity index (χ1) is 13.1. The first-order valence-corrected chi connectivity index (χ1v) is 9.51. The van der Waals surface area contributed by atoms with E-state index in [-0.39, 0.29) is 12.0 Å². The van der Waals surface area contributed by atoms with Crippen LogP contribution in [0.3, 0.4) is 0 Å². The highest BCUT2D eigenvalue weighted by Crippen LogP contribution is 2.33. The molecule has 1 fully saturated rings. The topological polar surface area (TPSA) is 53.4 Å². The second kappa shape index (κ2) is 7.49. The Kier molecular flexibility index (Phi) is 4.90. The SMILES string of the molecule is Cc1cccc(C(c2ccc3ccccc3c2)N2CCC(C(=O)O)CC2)n1. The van der Waals surface area contributed by atoms with E-state index in [1.165, 1.54) is 16.3 Å². The average Bonchev–Trinajstić information content (AvgIpc) is 2.68.